The zero-order valence-corrected chi connectivity index (χ0v) is 61.0. The minimum Gasteiger partial charge on any atom is -0.503 e. The summed E-state index contributed by atoms with van der Waals surface area (Å²) in [4.78, 5) is 19.4. The molecule has 0 aliphatic rings. The Balaban J connectivity index is 0.000000159. The third-order valence-corrected chi connectivity index (χ3v) is 19.2. The minimum absolute atomic E-state index is 0. The van der Waals surface area contributed by atoms with E-state index in [1.54, 1.807) is 6.20 Å². The van der Waals surface area contributed by atoms with Crippen LogP contribution in [0.4, 0.5) is 0 Å². The van der Waals surface area contributed by atoms with Gasteiger partial charge in [0.05, 0.1) is 28.2 Å². The first-order valence-electron chi connectivity index (χ1n) is 33.8. The predicted octanol–water partition coefficient (Wildman–Crippen LogP) is 22.9. The Kier molecular flexibility index (Phi) is 17.4. The van der Waals surface area contributed by atoms with E-state index in [-0.39, 0.29) is 42.1 Å². The molecular formula is C88H68N8O2Pt2. The zero-order valence-electron chi connectivity index (χ0n) is 56.4. The molecule has 0 saturated heterocycles. The molecule has 0 atom stereocenters. The molecule has 0 aliphatic heterocycles. The van der Waals surface area contributed by atoms with E-state index in [2.05, 4.69) is 266 Å². The molecule has 0 aliphatic carbocycles. The van der Waals surface area contributed by atoms with Crippen LogP contribution in [0.1, 0.15) is 101 Å². The summed E-state index contributed by atoms with van der Waals surface area (Å²) < 4.78 is 21.7. The van der Waals surface area contributed by atoms with Crippen LogP contribution in [0.25, 0.3) is 132 Å². The first-order valence-corrected chi connectivity index (χ1v) is 33.8. The molecule has 0 unspecified atom stereocenters. The van der Waals surface area contributed by atoms with E-state index in [9.17, 15) is 0 Å². The third kappa shape index (κ3) is 11.0. The van der Waals surface area contributed by atoms with E-state index >= 15 is 0 Å². The van der Waals surface area contributed by atoms with Crippen molar-refractivity contribution in [3.8, 4) is 57.0 Å². The molecule has 100 heavy (non-hydrogen) atoms. The van der Waals surface area contributed by atoms with E-state index < -0.39 is 0 Å². The van der Waals surface area contributed by atoms with Gasteiger partial charge in [-0.1, -0.05) is 215 Å². The number of imidazole rings is 2. The maximum absolute atomic E-state index is 6.52. The first-order chi connectivity index (χ1) is 47.9. The smallest absolute Gasteiger partial charge is 0.503 e. The fourth-order valence-electron chi connectivity index (χ4n) is 14.8. The second kappa shape index (κ2) is 26.6. The summed E-state index contributed by atoms with van der Waals surface area (Å²) >= 11 is 0. The average molecular weight is 1660 g/mol. The fourth-order valence-corrected chi connectivity index (χ4v) is 14.8. The molecule has 0 saturated carbocycles. The Bertz CT molecular complexity index is 6070. The number of fused-ring (bicyclic) bond motifs is 18. The number of para-hydroxylation sites is 4. The van der Waals surface area contributed by atoms with Crippen LogP contribution in [-0.4, -0.2) is 37.9 Å². The normalized spacial score (nSPS) is 11.8. The number of hydrogen-bond donors (Lipinski definition) is 0. The predicted molar refractivity (Wildman–Crippen MR) is 400 cm³/mol. The van der Waals surface area contributed by atoms with Gasteiger partial charge in [0.2, 0.25) is 5.88 Å². The molecule has 0 N–H and O–H groups in total. The Labute approximate surface area is 609 Å². The quantitative estimate of drug-likeness (QED) is 0.0894. The zero-order chi connectivity index (χ0) is 66.4. The van der Waals surface area contributed by atoms with Crippen LogP contribution >= 0.6 is 0 Å². The summed E-state index contributed by atoms with van der Waals surface area (Å²) in [6.07, 6.45) is 7.65. The summed E-state index contributed by atoms with van der Waals surface area (Å²) in [6.45, 7) is 18.2. The summed E-state index contributed by atoms with van der Waals surface area (Å²) in [7, 11) is 0. The molecule has 12 heteroatoms. The van der Waals surface area contributed by atoms with Crippen LogP contribution < -0.4 is 9.47 Å². The van der Waals surface area contributed by atoms with Crippen molar-refractivity contribution in [3.63, 3.8) is 0 Å². The van der Waals surface area contributed by atoms with Gasteiger partial charge in [-0.2, -0.15) is 12.1 Å². The van der Waals surface area contributed by atoms with Crippen LogP contribution in [0.2, 0.25) is 0 Å². The number of rotatable bonds is 12. The topological polar surface area (TPSA) is 88.7 Å². The molecule has 0 spiro atoms. The van der Waals surface area contributed by atoms with Crippen LogP contribution in [-0.2, 0) is 42.1 Å². The van der Waals surface area contributed by atoms with Crippen LogP contribution in [0, 0.1) is 24.3 Å². The third-order valence-electron chi connectivity index (χ3n) is 19.2. The van der Waals surface area contributed by atoms with Gasteiger partial charge >= 0.3 is 42.1 Å². The summed E-state index contributed by atoms with van der Waals surface area (Å²) in [5.74, 6) is 3.78. The molecule has 18 aromatic rings. The Hall–Kier alpha value is -10.5. The molecular weight excluding hydrogens is 1590 g/mol. The number of ether oxygens (including phenoxy) is 2. The average Bonchev–Trinajstić information content (AvgIpc) is 1.51. The van der Waals surface area contributed by atoms with Gasteiger partial charge in [-0.3, -0.25) is 9.97 Å². The van der Waals surface area contributed by atoms with Crippen LogP contribution in [0.3, 0.4) is 0 Å². The summed E-state index contributed by atoms with van der Waals surface area (Å²) in [6, 6.07) is 90.3. The molecule has 10 nitrogen and oxygen atoms in total. The number of pyridine rings is 4. The van der Waals surface area contributed by atoms with Gasteiger partial charge in [0, 0.05) is 86.6 Å². The van der Waals surface area contributed by atoms with E-state index in [4.69, 9.17) is 24.4 Å². The van der Waals surface area contributed by atoms with Crippen molar-refractivity contribution in [2.24, 2.45) is 0 Å². The molecule has 10 aromatic carbocycles. The number of nitrogens with zero attached hydrogens (tertiary/aromatic N) is 8. The van der Waals surface area contributed by atoms with Crippen molar-refractivity contribution in [2.75, 3.05) is 0 Å². The van der Waals surface area contributed by atoms with E-state index in [1.165, 1.54) is 38.8 Å². The van der Waals surface area contributed by atoms with Crippen LogP contribution in [0.15, 0.2) is 243 Å². The Morgan fingerprint density at radius 3 is 1.31 bits per heavy atom. The Morgan fingerprint density at radius 1 is 0.320 bits per heavy atom. The molecule has 0 bridgehead atoms. The van der Waals surface area contributed by atoms with Gasteiger partial charge in [-0.05, 0) is 110 Å². The summed E-state index contributed by atoms with van der Waals surface area (Å²) in [5.41, 5.74) is 19.8. The minimum atomic E-state index is 0. The Morgan fingerprint density at radius 2 is 0.760 bits per heavy atom. The second-order valence-electron chi connectivity index (χ2n) is 26.6. The maximum atomic E-state index is 6.52. The largest absolute Gasteiger partial charge is 2.00 e. The van der Waals surface area contributed by atoms with Gasteiger partial charge in [0.1, 0.15) is 5.65 Å². The van der Waals surface area contributed by atoms with Crippen molar-refractivity contribution < 1.29 is 51.6 Å². The van der Waals surface area contributed by atoms with E-state index in [0.29, 0.717) is 46.8 Å². The van der Waals surface area contributed by atoms with Crippen molar-refractivity contribution in [1.82, 2.24) is 37.9 Å². The summed E-state index contributed by atoms with van der Waals surface area (Å²) in [5, 5.41) is 11.0. The van der Waals surface area contributed by atoms with Gasteiger partial charge in [0.15, 0.2) is 0 Å². The van der Waals surface area contributed by atoms with Gasteiger partial charge in [-0.15, -0.1) is 60.7 Å². The monoisotopic (exact) mass is 1660 g/mol. The molecule has 0 fully saturated rings. The van der Waals surface area contributed by atoms with Gasteiger partial charge < -0.3 is 27.4 Å². The molecule has 492 valence electrons. The van der Waals surface area contributed by atoms with Gasteiger partial charge in [0.25, 0.3) is 0 Å². The van der Waals surface area contributed by atoms with Crippen LogP contribution in [0.5, 0.6) is 23.1 Å². The molecule has 8 aromatic heterocycles. The molecule has 0 radical (unpaired) electrons. The number of aromatic nitrogens is 8. The number of benzene rings is 10. The number of hydrogen-bond acceptors (Lipinski definition) is 6. The van der Waals surface area contributed by atoms with Crippen molar-refractivity contribution in [1.29, 1.82) is 0 Å². The second-order valence-corrected chi connectivity index (χ2v) is 26.6. The maximum Gasteiger partial charge on any atom is 2.00 e. The SMILES string of the molecule is CC(C)c1cccc(C(C)C)c1-c1cnc2c3[c-]c(Oc4[c-]c(-n5c6ccccc6c6cccnc65)ccc4)ccc3c3ccccc3n12.CC(C)c1cccc(C(C)C)c1-c1cnc2c3[c-]c4c(cc3c3ccccc3n12)c1ccccc1n4-c1[c-]c(Oc2ccccn2)ccc1.[Pt+2].[Pt+2]. The van der Waals surface area contributed by atoms with Crippen molar-refractivity contribution >= 4 is 98.4 Å². The van der Waals surface area contributed by atoms with Crippen molar-refractivity contribution in [2.45, 2.75) is 79.1 Å². The standard InChI is InChI=1S/2C44H34N4O.2Pt/c1-27(2)32-16-10-17-33(28(3)4)42(32)41-26-46-44-38-25-31(21-22-34(38)35-14-5-8-20-40(35)48(41)44)49-30-13-9-12-29(24-30)47-39-19-7-6-15-36(39)37-18-11-23-45-43(37)47;1-27(2)31-17-12-18-32(28(3)4)43(31)41-26-46-44-37-25-40-36(24-35(37)33-15-5-8-20-39(33)48(41)44)34-16-6-7-19-38(34)47(40)29-13-11-14-30(23-29)49-42-21-9-10-22-45-42;;/h5-23,26-28H,1-4H3;5-22,24,26-28H,1-4H3;;/q2*-2;2*+2. The van der Waals surface area contributed by atoms with Gasteiger partial charge in [-0.25, -0.2) is 9.97 Å². The van der Waals surface area contributed by atoms with E-state index in [0.717, 1.165) is 116 Å². The van der Waals surface area contributed by atoms with Crippen molar-refractivity contribution in [3.05, 3.63) is 290 Å². The molecule has 0 amide bonds. The molecule has 8 heterocycles. The molecule has 18 rings (SSSR count). The van der Waals surface area contributed by atoms with E-state index in [1.807, 2.05) is 73.1 Å². The fraction of sp³-hybridized carbons (Fsp3) is 0.136. The first kappa shape index (κ1) is 65.4.